The minimum atomic E-state index is -0.552. The summed E-state index contributed by atoms with van der Waals surface area (Å²) in [5.41, 5.74) is 4.73. The van der Waals surface area contributed by atoms with E-state index in [-0.39, 0.29) is 11.6 Å². The van der Waals surface area contributed by atoms with Gasteiger partial charge in [0.25, 0.3) is 5.56 Å². The lowest BCUT2D eigenvalue weighted by Crippen LogP contribution is -2.40. The van der Waals surface area contributed by atoms with Crippen molar-refractivity contribution in [3.05, 3.63) is 124 Å². The summed E-state index contributed by atoms with van der Waals surface area (Å²) in [6.45, 7) is 6.34. The van der Waals surface area contributed by atoms with Crippen LogP contribution in [0, 0.1) is 13.8 Å². The first-order valence-corrected chi connectivity index (χ1v) is 14.3. The van der Waals surface area contributed by atoms with Gasteiger partial charge >= 0.3 is 6.03 Å². The van der Waals surface area contributed by atoms with E-state index in [0.29, 0.717) is 52.6 Å². The number of aromatic nitrogens is 2. The lowest BCUT2D eigenvalue weighted by molar-refractivity contribution is 0.177. The number of urea groups is 1. The number of benzene rings is 4. The number of ether oxygens (including phenoxy) is 2. The van der Waals surface area contributed by atoms with Crippen LogP contribution in [0.5, 0.6) is 11.5 Å². The second-order valence-electron chi connectivity index (χ2n) is 10.4. The number of nitrogens with zero attached hydrogens (tertiary/aromatic N) is 3. The maximum absolute atomic E-state index is 14.2. The number of nitrogens with one attached hydrogen (secondary N) is 1. The van der Waals surface area contributed by atoms with Gasteiger partial charge in [-0.1, -0.05) is 55.5 Å². The van der Waals surface area contributed by atoms with Crippen LogP contribution in [0.3, 0.4) is 0 Å². The predicted molar refractivity (Wildman–Crippen MR) is 170 cm³/mol. The highest BCUT2D eigenvalue weighted by molar-refractivity contribution is 5.91. The van der Waals surface area contributed by atoms with Gasteiger partial charge in [-0.3, -0.25) is 9.36 Å². The summed E-state index contributed by atoms with van der Waals surface area (Å²) in [5.74, 6) is 1.57. The van der Waals surface area contributed by atoms with E-state index in [9.17, 15) is 9.59 Å². The Morgan fingerprint density at radius 2 is 1.65 bits per heavy atom. The average Bonchev–Trinajstić information content (AvgIpc) is 3.03. The minimum Gasteiger partial charge on any atom is -0.497 e. The number of para-hydroxylation sites is 1. The Morgan fingerprint density at radius 1 is 0.907 bits per heavy atom. The van der Waals surface area contributed by atoms with Gasteiger partial charge in [0, 0.05) is 12.6 Å². The fourth-order valence-corrected chi connectivity index (χ4v) is 5.22. The molecule has 4 aromatic carbocycles. The maximum atomic E-state index is 14.2. The van der Waals surface area contributed by atoms with E-state index in [1.165, 1.54) is 0 Å². The molecule has 220 valence electrons. The average molecular weight is 577 g/mol. The van der Waals surface area contributed by atoms with Crippen molar-refractivity contribution in [2.45, 2.75) is 39.8 Å². The number of hydrogen-bond donors (Lipinski definition) is 1. The van der Waals surface area contributed by atoms with E-state index in [2.05, 4.69) is 5.32 Å². The molecule has 0 radical (unpaired) electrons. The molecule has 0 spiro atoms. The number of amides is 2. The highest BCUT2D eigenvalue weighted by Crippen LogP contribution is 2.32. The van der Waals surface area contributed by atoms with Crippen LogP contribution in [-0.4, -0.2) is 34.7 Å². The van der Waals surface area contributed by atoms with Gasteiger partial charge in [0.05, 0.1) is 42.5 Å². The van der Waals surface area contributed by atoms with Crippen molar-refractivity contribution in [3.63, 3.8) is 0 Å². The van der Waals surface area contributed by atoms with Crippen LogP contribution in [0.1, 0.15) is 41.9 Å². The van der Waals surface area contributed by atoms with Crippen molar-refractivity contribution in [3.8, 4) is 17.2 Å². The number of aryl methyl sites for hydroxylation is 2. The van der Waals surface area contributed by atoms with Crippen LogP contribution in [0.2, 0.25) is 0 Å². The third-order valence-corrected chi connectivity index (χ3v) is 7.72. The van der Waals surface area contributed by atoms with Crippen molar-refractivity contribution in [2.75, 3.05) is 19.5 Å². The SMILES string of the molecule is CCC(c1nc2ccccc2c(=O)n1-c1ccc(C)c(C)c1)N(Cc1ccccc1)C(=O)Nc1ccc(OC)cc1OC. The highest BCUT2D eigenvalue weighted by Gasteiger charge is 2.30. The summed E-state index contributed by atoms with van der Waals surface area (Å²) < 4.78 is 12.5. The first-order valence-electron chi connectivity index (χ1n) is 14.3. The van der Waals surface area contributed by atoms with Crippen molar-refractivity contribution < 1.29 is 14.3 Å². The normalized spacial score (nSPS) is 11.7. The molecule has 1 unspecified atom stereocenters. The molecule has 0 aliphatic carbocycles. The van der Waals surface area contributed by atoms with Crippen LogP contribution in [0.4, 0.5) is 10.5 Å². The second kappa shape index (κ2) is 12.8. The van der Waals surface area contributed by atoms with E-state index in [1.54, 1.807) is 48.0 Å². The molecular formula is C35H36N4O4. The van der Waals surface area contributed by atoms with Gasteiger partial charge in [-0.2, -0.15) is 0 Å². The Kier molecular flexibility index (Phi) is 8.76. The largest absolute Gasteiger partial charge is 0.497 e. The van der Waals surface area contributed by atoms with E-state index >= 15 is 0 Å². The summed E-state index contributed by atoms with van der Waals surface area (Å²) in [4.78, 5) is 35.1. The third-order valence-electron chi connectivity index (χ3n) is 7.72. The molecule has 43 heavy (non-hydrogen) atoms. The molecule has 0 saturated heterocycles. The van der Waals surface area contributed by atoms with Gasteiger partial charge in [-0.25, -0.2) is 9.78 Å². The molecule has 5 rings (SSSR count). The third kappa shape index (κ3) is 6.09. The van der Waals surface area contributed by atoms with Gasteiger partial charge < -0.3 is 19.7 Å². The molecule has 8 heteroatoms. The highest BCUT2D eigenvalue weighted by atomic mass is 16.5. The molecule has 1 atom stereocenters. The van der Waals surface area contributed by atoms with E-state index in [1.807, 2.05) is 87.5 Å². The molecular weight excluding hydrogens is 540 g/mol. The maximum Gasteiger partial charge on any atom is 0.322 e. The smallest absolute Gasteiger partial charge is 0.322 e. The summed E-state index contributed by atoms with van der Waals surface area (Å²) >= 11 is 0. The summed E-state index contributed by atoms with van der Waals surface area (Å²) in [5, 5.41) is 3.55. The van der Waals surface area contributed by atoms with Crippen LogP contribution in [-0.2, 0) is 6.54 Å². The zero-order valence-electron chi connectivity index (χ0n) is 25.1. The van der Waals surface area contributed by atoms with E-state index in [4.69, 9.17) is 14.5 Å². The monoisotopic (exact) mass is 576 g/mol. The van der Waals surface area contributed by atoms with Gasteiger partial charge in [0.2, 0.25) is 0 Å². The first-order chi connectivity index (χ1) is 20.8. The Labute approximate surface area is 251 Å². The quantitative estimate of drug-likeness (QED) is 0.201. The van der Waals surface area contributed by atoms with Gasteiger partial charge in [0.1, 0.15) is 17.3 Å². The van der Waals surface area contributed by atoms with Gasteiger partial charge in [-0.05, 0) is 73.4 Å². The molecule has 1 aromatic heterocycles. The summed E-state index contributed by atoms with van der Waals surface area (Å²) in [6, 6.07) is 27.4. The molecule has 0 fully saturated rings. The number of carbonyl (C=O) groups is 1. The number of hydrogen-bond acceptors (Lipinski definition) is 5. The molecule has 1 N–H and O–H groups in total. The molecule has 0 bridgehead atoms. The number of anilines is 1. The first kappa shape index (κ1) is 29.4. The molecule has 0 aliphatic rings. The number of methoxy groups -OCH3 is 2. The molecule has 5 aromatic rings. The number of carbonyl (C=O) groups excluding carboxylic acids is 1. The van der Waals surface area contributed by atoms with Crippen molar-refractivity contribution in [1.29, 1.82) is 0 Å². The molecule has 0 saturated carbocycles. The van der Waals surface area contributed by atoms with Crippen LogP contribution < -0.4 is 20.3 Å². The Morgan fingerprint density at radius 3 is 2.35 bits per heavy atom. The van der Waals surface area contributed by atoms with E-state index in [0.717, 1.165) is 16.7 Å². The lowest BCUT2D eigenvalue weighted by Gasteiger charge is -2.33. The second-order valence-corrected chi connectivity index (χ2v) is 10.4. The van der Waals surface area contributed by atoms with Gasteiger partial charge in [-0.15, -0.1) is 0 Å². The predicted octanol–water partition coefficient (Wildman–Crippen LogP) is 7.21. The van der Waals surface area contributed by atoms with Crippen LogP contribution in [0.25, 0.3) is 16.6 Å². The van der Waals surface area contributed by atoms with Crippen molar-refractivity contribution in [2.24, 2.45) is 0 Å². The Hall–Kier alpha value is -5.11. The minimum absolute atomic E-state index is 0.181. The van der Waals surface area contributed by atoms with E-state index < -0.39 is 6.04 Å². The fourth-order valence-electron chi connectivity index (χ4n) is 5.22. The Bertz CT molecular complexity index is 1820. The summed E-state index contributed by atoms with van der Waals surface area (Å²) in [7, 11) is 3.12. The van der Waals surface area contributed by atoms with Crippen molar-refractivity contribution >= 4 is 22.6 Å². The standard InChI is InChI=1S/C35H36N4O4/c1-6-31(33-36-29-15-11-10-14-28(29)34(40)39(33)26-17-16-23(2)24(3)20-26)38(22-25-12-8-7-9-13-25)35(41)37-30-19-18-27(42-4)21-32(30)43-5/h7-21,31H,6,22H2,1-5H3,(H,37,41). The zero-order valence-corrected chi connectivity index (χ0v) is 25.1. The molecule has 0 aliphatic heterocycles. The topological polar surface area (TPSA) is 85.7 Å². The van der Waals surface area contributed by atoms with Gasteiger partial charge in [0.15, 0.2) is 0 Å². The zero-order chi connectivity index (χ0) is 30.5. The lowest BCUT2D eigenvalue weighted by atomic mass is 10.1. The fraction of sp³-hybridized carbons (Fsp3) is 0.229. The molecule has 8 nitrogen and oxygen atoms in total. The molecule has 2 amide bonds. The molecule has 1 heterocycles. The number of rotatable bonds is 9. The van der Waals surface area contributed by atoms with Crippen LogP contribution in [0.15, 0.2) is 95.8 Å². The Balaban J connectivity index is 1.68. The van der Waals surface area contributed by atoms with Crippen molar-refractivity contribution in [1.82, 2.24) is 14.5 Å². The van der Waals surface area contributed by atoms with Crippen LogP contribution >= 0.6 is 0 Å². The summed E-state index contributed by atoms with van der Waals surface area (Å²) in [6.07, 6.45) is 0.510. The number of fused-ring (bicyclic) bond motifs is 1.